The van der Waals surface area contributed by atoms with Crippen molar-refractivity contribution in [3.8, 4) is 0 Å². The maximum atomic E-state index is 13.3. The smallest absolute Gasteiger partial charge is 0.348 e. The minimum Gasteiger partial charge on any atom is -0.348 e. The van der Waals surface area contributed by atoms with E-state index in [0.29, 0.717) is 10.9 Å². The lowest BCUT2D eigenvalue weighted by Crippen LogP contribution is -2.26. The van der Waals surface area contributed by atoms with Crippen LogP contribution in [-0.2, 0) is 18.9 Å². The fourth-order valence-electron chi connectivity index (χ4n) is 2.59. The van der Waals surface area contributed by atoms with Crippen molar-refractivity contribution >= 4 is 16.8 Å². The molecule has 0 unspecified atom stereocenters. The predicted molar refractivity (Wildman–Crippen MR) is 89.4 cm³/mol. The van der Waals surface area contributed by atoms with Gasteiger partial charge in [-0.2, -0.15) is 26.3 Å². The lowest BCUT2D eigenvalue weighted by molar-refractivity contribution is -0.141. The maximum absolute atomic E-state index is 13.3. The lowest BCUT2D eigenvalue weighted by atomic mass is 10.1. The van der Waals surface area contributed by atoms with E-state index in [0.717, 1.165) is 30.3 Å². The van der Waals surface area contributed by atoms with Crippen LogP contribution in [0.5, 0.6) is 0 Å². The maximum Gasteiger partial charge on any atom is 0.434 e. The van der Waals surface area contributed by atoms with E-state index >= 15 is 0 Å². The highest BCUT2D eigenvalue weighted by Crippen LogP contribution is 2.32. The molecule has 0 bridgehead atoms. The molecule has 0 radical (unpaired) electrons. The van der Waals surface area contributed by atoms with Crippen LogP contribution in [0, 0.1) is 0 Å². The zero-order valence-electron chi connectivity index (χ0n) is 14.0. The quantitative estimate of drug-likeness (QED) is 0.616. The first kappa shape index (κ1) is 19.7. The molecule has 0 fully saturated rings. The molecule has 0 aliphatic rings. The van der Waals surface area contributed by atoms with Gasteiger partial charge in [0, 0.05) is 11.9 Å². The Morgan fingerprint density at radius 2 is 1.54 bits per heavy atom. The number of carbonyl (C=O) groups excluding carboxylic acids is 1. The number of para-hydroxylation sites is 1. The number of alkyl halides is 6. The first-order valence-corrected chi connectivity index (χ1v) is 7.97. The number of pyridine rings is 1. The summed E-state index contributed by atoms with van der Waals surface area (Å²) in [5.41, 5.74) is -2.44. The van der Waals surface area contributed by atoms with Crippen LogP contribution in [0.1, 0.15) is 27.2 Å². The number of benzene rings is 2. The number of aromatic nitrogens is 1. The van der Waals surface area contributed by atoms with E-state index in [2.05, 4.69) is 10.3 Å². The third-order valence-corrected chi connectivity index (χ3v) is 3.97. The van der Waals surface area contributed by atoms with Crippen molar-refractivity contribution in [1.82, 2.24) is 10.3 Å². The summed E-state index contributed by atoms with van der Waals surface area (Å²) in [6.07, 6.45) is -9.34. The Hall–Kier alpha value is -3.10. The van der Waals surface area contributed by atoms with E-state index < -0.39 is 35.1 Å². The van der Waals surface area contributed by atoms with Crippen LogP contribution in [0.3, 0.4) is 0 Å². The van der Waals surface area contributed by atoms with Gasteiger partial charge in [0.1, 0.15) is 0 Å². The highest BCUT2D eigenvalue weighted by atomic mass is 19.4. The van der Waals surface area contributed by atoms with E-state index in [4.69, 9.17) is 0 Å². The van der Waals surface area contributed by atoms with Gasteiger partial charge in [-0.25, -0.2) is 4.98 Å². The van der Waals surface area contributed by atoms with Crippen LogP contribution in [-0.4, -0.2) is 10.9 Å². The van der Waals surface area contributed by atoms with Crippen molar-refractivity contribution in [1.29, 1.82) is 0 Å². The lowest BCUT2D eigenvalue weighted by Gasteiger charge is -2.14. The third-order valence-electron chi connectivity index (χ3n) is 3.97. The number of nitrogens with zero attached hydrogens (tertiary/aromatic N) is 1. The first-order valence-electron chi connectivity index (χ1n) is 7.97. The van der Waals surface area contributed by atoms with Crippen LogP contribution in [0.25, 0.3) is 10.9 Å². The summed E-state index contributed by atoms with van der Waals surface area (Å²) in [6, 6.07) is 11.1. The van der Waals surface area contributed by atoms with Crippen molar-refractivity contribution in [2.24, 2.45) is 0 Å². The number of rotatable bonds is 3. The molecule has 28 heavy (non-hydrogen) atoms. The molecule has 1 heterocycles. The monoisotopic (exact) mass is 398 g/mol. The zero-order valence-corrected chi connectivity index (χ0v) is 14.0. The Labute approximate surface area is 155 Å². The van der Waals surface area contributed by atoms with Gasteiger partial charge in [-0.15, -0.1) is 0 Å². The molecule has 0 saturated heterocycles. The average molecular weight is 398 g/mol. The second-order valence-electron chi connectivity index (χ2n) is 5.95. The second-order valence-corrected chi connectivity index (χ2v) is 5.95. The molecule has 3 aromatic rings. The van der Waals surface area contributed by atoms with E-state index in [9.17, 15) is 31.1 Å². The summed E-state index contributed by atoms with van der Waals surface area (Å²) in [4.78, 5) is 15.9. The zero-order chi connectivity index (χ0) is 20.5. The van der Waals surface area contributed by atoms with Crippen molar-refractivity contribution in [3.05, 3.63) is 77.0 Å². The van der Waals surface area contributed by atoms with E-state index in [1.54, 1.807) is 6.07 Å². The van der Waals surface area contributed by atoms with Gasteiger partial charge in [0.2, 0.25) is 0 Å². The first-order chi connectivity index (χ1) is 13.1. The molecule has 0 aliphatic heterocycles. The molecule has 146 valence electrons. The normalized spacial score (nSPS) is 12.2. The molecular weight excluding hydrogens is 386 g/mol. The molecule has 0 atom stereocenters. The van der Waals surface area contributed by atoms with E-state index in [1.807, 2.05) is 0 Å². The number of fused-ring (bicyclic) bond motifs is 1. The van der Waals surface area contributed by atoms with Gasteiger partial charge in [0.25, 0.3) is 5.91 Å². The summed E-state index contributed by atoms with van der Waals surface area (Å²) in [5.74, 6) is -1.02. The van der Waals surface area contributed by atoms with Crippen LogP contribution in [0.4, 0.5) is 26.3 Å². The van der Waals surface area contributed by atoms with Crippen molar-refractivity contribution in [3.63, 3.8) is 0 Å². The van der Waals surface area contributed by atoms with Crippen molar-refractivity contribution in [2.75, 3.05) is 0 Å². The molecule has 2 aromatic carbocycles. The number of halogens is 6. The van der Waals surface area contributed by atoms with Gasteiger partial charge < -0.3 is 5.32 Å². The van der Waals surface area contributed by atoms with Gasteiger partial charge in [0.15, 0.2) is 5.69 Å². The fraction of sp³-hybridized carbons (Fsp3) is 0.158. The molecule has 0 aliphatic carbocycles. The van der Waals surface area contributed by atoms with Crippen LogP contribution in [0.2, 0.25) is 0 Å². The second kappa shape index (κ2) is 7.14. The standard InChI is InChI=1S/C19H12F6N2O/c20-18(21,22)13-7-5-11(6-8-13)10-26-17(28)14-9-12-3-1-2-4-15(12)27-16(14)19(23,24)25/h1-9H,10H2,(H,26,28). The average Bonchev–Trinajstić information content (AvgIpc) is 2.64. The molecule has 0 saturated carbocycles. The molecule has 3 rings (SSSR count). The molecule has 3 nitrogen and oxygen atoms in total. The Bertz CT molecular complexity index is 1010. The Balaban J connectivity index is 1.85. The minimum atomic E-state index is -4.84. The minimum absolute atomic E-state index is 0.0918. The van der Waals surface area contributed by atoms with Crippen LogP contribution >= 0.6 is 0 Å². The third kappa shape index (κ3) is 4.24. The summed E-state index contributed by atoms with van der Waals surface area (Å²) < 4.78 is 77.6. The van der Waals surface area contributed by atoms with E-state index in [-0.39, 0.29) is 12.1 Å². The Morgan fingerprint density at radius 3 is 2.14 bits per heavy atom. The number of carbonyl (C=O) groups is 1. The summed E-state index contributed by atoms with van der Waals surface area (Å²) in [5, 5.41) is 2.65. The number of amides is 1. The summed E-state index contributed by atoms with van der Waals surface area (Å²) in [7, 11) is 0. The highest BCUT2D eigenvalue weighted by molar-refractivity contribution is 5.98. The van der Waals surface area contributed by atoms with Crippen LogP contribution in [0.15, 0.2) is 54.6 Å². The molecule has 0 spiro atoms. The molecule has 1 aromatic heterocycles. The fourth-order valence-corrected chi connectivity index (χ4v) is 2.59. The number of hydrogen-bond acceptors (Lipinski definition) is 2. The van der Waals surface area contributed by atoms with Crippen molar-refractivity contribution < 1.29 is 31.1 Å². The largest absolute Gasteiger partial charge is 0.434 e. The molecule has 1 amide bonds. The van der Waals surface area contributed by atoms with Gasteiger partial charge in [-0.05, 0) is 29.8 Å². The number of hydrogen-bond donors (Lipinski definition) is 1. The van der Waals surface area contributed by atoms with Crippen molar-refractivity contribution in [2.45, 2.75) is 18.9 Å². The van der Waals surface area contributed by atoms with Gasteiger partial charge in [-0.1, -0.05) is 30.3 Å². The molecular formula is C19H12F6N2O. The molecule has 1 N–H and O–H groups in total. The highest BCUT2D eigenvalue weighted by Gasteiger charge is 2.37. The summed E-state index contributed by atoms with van der Waals surface area (Å²) >= 11 is 0. The van der Waals surface area contributed by atoms with Gasteiger partial charge >= 0.3 is 12.4 Å². The summed E-state index contributed by atoms with van der Waals surface area (Å²) in [6.45, 7) is -0.235. The van der Waals surface area contributed by atoms with Crippen LogP contribution < -0.4 is 5.32 Å². The topological polar surface area (TPSA) is 42.0 Å². The number of nitrogens with one attached hydrogen (secondary N) is 1. The van der Waals surface area contributed by atoms with Gasteiger partial charge in [0.05, 0.1) is 16.6 Å². The molecule has 9 heteroatoms. The SMILES string of the molecule is O=C(NCc1ccc(C(F)(F)F)cc1)c1cc2ccccc2nc1C(F)(F)F. The van der Waals surface area contributed by atoms with E-state index in [1.165, 1.54) is 18.2 Å². The Kier molecular flexibility index (Phi) is 5.01. The Morgan fingerprint density at radius 1 is 0.893 bits per heavy atom. The predicted octanol–water partition coefficient (Wildman–Crippen LogP) is 5.20. The van der Waals surface area contributed by atoms with Gasteiger partial charge in [-0.3, -0.25) is 4.79 Å².